The van der Waals surface area contributed by atoms with Crippen molar-refractivity contribution < 1.29 is 0 Å². The van der Waals surface area contributed by atoms with Crippen LogP contribution in [0.3, 0.4) is 0 Å². The van der Waals surface area contributed by atoms with Gasteiger partial charge in [-0.3, -0.25) is 4.79 Å². The largest absolute Gasteiger partial charge is 0.371 e. The number of para-hydroxylation sites is 1. The van der Waals surface area contributed by atoms with Gasteiger partial charge in [0.05, 0.1) is 5.52 Å². The molecule has 1 aromatic carbocycles. The maximum atomic E-state index is 12.1. The summed E-state index contributed by atoms with van der Waals surface area (Å²) in [5, 5.41) is 7.54. The molecule has 0 amide bonds. The number of rotatable bonds is 7. The van der Waals surface area contributed by atoms with Crippen molar-refractivity contribution in [3.63, 3.8) is 0 Å². The van der Waals surface area contributed by atoms with Crippen molar-refractivity contribution in [3.05, 3.63) is 59.4 Å². The first-order valence-corrected chi connectivity index (χ1v) is 10.3. The molecular formula is C19H22IN3OS. The maximum absolute atomic E-state index is 12.1. The number of aryl methyl sites for hydroxylation is 1. The van der Waals surface area contributed by atoms with Gasteiger partial charge in [-0.1, -0.05) is 12.1 Å². The van der Waals surface area contributed by atoms with Crippen molar-refractivity contribution in [1.82, 2.24) is 10.3 Å². The number of benzene rings is 1. The Balaban J connectivity index is 1.46. The zero-order valence-corrected chi connectivity index (χ0v) is 17.4. The third-order valence-electron chi connectivity index (χ3n) is 4.25. The molecule has 2 aromatic heterocycles. The predicted molar refractivity (Wildman–Crippen MR) is 116 cm³/mol. The third kappa shape index (κ3) is 4.43. The summed E-state index contributed by atoms with van der Waals surface area (Å²) < 4.78 is 1.39. The minimum absolute atomic E-state index is 0.0491. The Labute approximate surface area is 165 Å². The maximum Gasteiger partial charge on any atom is 0.191 e. The van der Waals surface area contributed by atoms with Crippen molar-refractivity contribution in [2.75, 3.05) is 18.4 Å². The van der Waals surface area contributed by atoms with E-state index in [-0.39, 0.29) is 5.43 Å². The zero-order valence-electron chi connectivity index (χ0n) is 14.4. The van der Waals surface area contributed by atoms with Crippen molar-refractivity contribution in [1.29, 1.82) is 0 Å². The molecule has 0 aliphatic carbocycles. The van der Waals surface area contributed by atoms with Crippen molar-refractivity contribution in [2.24, 2.45) is 0 Å². The van der Waals surface area contributed by atoms with Crippen LogP contribution in [-0.4, -0.2) is 18.1 Å². The van der Waals surface area contributed by atoms with Gasteiger partial charge in [0.25, 0.3) is 0 Å². The molecule has 0 saturated heterocycles. The van der Waals surface area contributed by atoms with E-state index < -0.39 is 0 Å². The van der Waals surface area contributed by atoms with E-state index in [2.05, 4.69) is 52.1 Å². The van der Waals surface area contributed by atoms with Crippen LogP contribution in [0.25, 0.3) is 10.9 Å². The first kappa shape index (κ1) is 18.4. The molecule has 0 fully saturated rings. The molecule has 6 heteroatoms. The van der Waals surface area contributed by atoms with Gasteiger partial charge < -0.3 is 15.6 Å². The van der Waals surface area contributed by atoms with Crippen LogP contribution in [0.15, 0.2) is 35.1 Å². The van der Waals surface area contributed by atoms with E-state index in [1.807, 2.05) is 35.6 Å². The number of halogens is 1. The Bertz CT molecular complexity index is 932. The molecule has 25 heavy (non-hydrogen) atoms. The Hall–Kier alpha value is -1.38. The molecule has 4 nitrogen and oxygen atoms in total. The lowest BCUT2D eigenvalue weighted by Gasteiger charge is -2.08. The van der Waals surface area contributed by atoms with Crippen LogP contribution >= 0.6 is 33.9 Å². The molecule has 0 unspecified atom stereocenters. The van der Waals surface area contributed by atoms with Gasteiger partial charge in [0.2, 0.25) is 0 Å². The molecule has 2 heterocycles. The Morgan fingerprint density at radius 1 is 1.20 bits per heavy atom. The summed E-state index contributed by atoms with van der Waals surface area (Å²) in [7, 11) is 0. The molecule has 0 aliphatic rings. The monoisotopic (exact) mass is 467 g/mol. The van der Waals surface area contributed by atoms with Crippen LogP contribution in [0.1, 0.15) is 21.7 Å². The molecule has 0 radical (unpaired) electrons. The van der Waals surface area contributed by atoms with E-state index in [0.29, 0.717) is 0 Å². The normalized spacial score (nSPS) is 11.2. The van der Waals surface area contributed by atoms with Gasteiger partial charge in [-0.2, -0.15) is 0 Å². The van der Waals surface area contributed by atoms with Crippen LogP contribution in [-0.2, 0) is 6.54 Å². The molecule has 0 aliphatic heterocycles. The van der Waals surface area contributed by atoms with E-state index in [9.17, 15) is 4.79 Å². The lowest BCUT2D eigenvalue weighted by atomic mass is 10.2. The number of aromatic amines is 1. The standard InChI is InChI=1S/C19H22IN3OS/c1-12-13(2)25-17(19(12)20)11-21-8-5-9-22-18-10-16(24)14-6-3-4-7-15(14)23-18/h3-4,6-7,10,21H,5,8-9,11H2,1-2H3,(H2,22,23,24). The van der Waals surface area contributed by atoms with Gasteiger partial charge in [-0.25, -0.2) is 0 Å². The van der Waals surface area contributed by atoms with Gasteiger partial charge in [0.15, 0.2) is 5.43 Å². The molecule has 0 atom stereocenters. The number of anilines is 1. The molecule has 0 bridgehead atoms. The third-order valence-corrected chi connectivity index (χ3v) is 7.28. The number of hydrogen-bond acceptors (Lipinski definition) is 4. The molecule has 0 spiro atoms. The number of hydrogen-bond donors (Lipinski definition) is 3. The average Bonchev–Trinajstić information content (AvgIpc) is 2.85. The highest BCUT2D eigenvalue weighted by Crippen LogP contribution is 2.28. The SMILES string of the molecule is Cc1sc(CNCCCNc2cc(=O)c3ccccc3[nH]2)c(I)c1C. The average molecular weight is 467 g/mol. The first-order chi connectivity index (χ1) is 12.1. The van der Waals surface area contributed by atoms with Crippen LogP contribution in [0.4, 0.5) is 5.82 Å². The lowest BCUT2D eigenvalue weighted by Crippen LogP contribution is -2.18. The molecular weight excluding hydrogens is 445 g/mol. The Morgan fingerprint density at radius 2 is 2.00 bits per heavy atom. The van der Waals surface area contributed by atoms with Crippen LogP contribution in [0.2, 0.25) is 0 Å². The van der Waals surface area contributed by atoms with E-state index in [1.54, 1.807) is 6.07 Å². The highest BCUT2D eigenvalue weighted by molar-refractivity contribution is 14.1. The second kappa shape index (κ2) is 8.33. The summed E-state index contributed by atoms with van der Waals surface area (Å²) >= 11 is 4.31. The van der Waals surface area contributed by atoms with Crippen LogP contribution < -0.4 is 16.1 Å². The summed E-state index contributed by atoms with van der Waals surface area (Å²) in [6.07, 6.45) is 0.995. The number of fused-ring (bicyclic) bond motifs is 1. The van der Waals surface area contributed by atoms with Gasteiger partial charge >= 0.3 is 0 Å². The fraction of sp³-hybridized carbons (Fsp3) is 0.316. The fourth-order valence-corrected chi connectivity index (χ4v) is 4.86. The van der Waals surface area contributed by atoms with Gasteiger partial charge in [0.1, 0.15) is 5.82 Å². The van der Waals surface area contributed by atoms with E-state index in [4.69, 9.17) is 0 Å². The summed E-state index contributed by atoms with van der Waals surface area (Å²) in [4.78, 5) is 18.2. The topological polar surface area (TPSA) is 56.9 Å². The smallest absolute Gasteiger partial charge is 0.191 e. The number of H-pyrrole nitrogens is 1. The summed E-state index contributed by atoms with van der Waals surface area (Å²) in [5.74, 6) is 0.780. The molecule has 3 aromatic rings. The second-order valence-corrected chi connectivity index (χ2v) is 8.46. The Kier molecular flexibility index (Phi) is 6.14. The highest BCUT2D eigenvalue weighted by atomic mass is 127. The number of nitrogens with one attached hydrogen (secondary N) is 3. The molecule has 132 valence electrons. The van der Waals surface area contributed by atoms with Crippen molar-refractivity contribution in [3.8, 4) is 0 Å². The highest BCUT2D eigenvalue weighted by Gasteiger charge is 2.09. The molecule has 0 saturated carbocycles. The fourth-order valence-electron chi connectivity index (χ4n) is 2.71. The summed E-state index contributed by atoms with van der Waals surface area (Å²) in [6.45, 7) is 7.05. The van der Waals surface area contributed by atoms with Crippen LogP contribution in [0, 0.1) is 17.4 Å². The Morgan fingerprint density at radius 3 is 2.76 bits per heavy atom. The number of aromatic nitrogens is 1. The van der Waals surface area contributed by atoms with Crippen molar-refractivity contribution in [2.45, 2.75) is 26.8 Å². The van der Waals surface area contributed by atoms with Crippen molar-refractivity contribution >= 4 is 50.6 Å². The minimum atomic E-state index is 0.0491. The number of pyridine rings is 1. The predicted octanol–water partition coefficient (Wildman–Crippen LogP) is 4.40. The second-order valence-electron chi connectivity index (χ2n) is 6.07. The molecule has 3 rings (SSSR count). The van der Waals surface area contributed by atoms with Crippen LogP contribution in [0.5, 0.6) is 0 Å². The lowest BCUT2D eigenvalue weighted by molar-refractivity contribution is 0.667. The van der Waals surface area contributed by atoms with Gasteiger partial charge in [-0.15, -0.1) is 11.3 Å². The van der Waals surface area contributed by atoms with E-state index in [1.165, 1.54) is 18.9 Å². The van der Waals surface area contributed by atoms with Gasteiger partial charge in [-0.05, 0) is 67.1 Å². The van der Waals surface area contributed by atoms with E-state index in [0.717, 1.165) is 42.8 Å². The molecule has 3 N–H and O–H groups in total. The quantitative estimate of drug-likeness (QED) is 0.357. The minimum Gasteiger partial charge on any atom is -0.371 e. The van der Waals surface area contributed by atoms with E-state index >= 15 is 0 Å². The first-order valence-electron chi connectivity index (χ1n) is 8.37. The number of thiophene rings is 1. The summed E-state index contributed by atoms with van der Waals surface area (Å²) in [6, 6.07) is 9.22. The zero-order chi connectivity index (χ0) is 17.8. The summed E-state index contributed by atoms with van der Waals surface area (Å²) in [5.41, 5.74) is 2.32. The van der Waals surface area contributed by atoms with Gasteiger partial charge in [0, 0.05) is 37.9 Å².